The number of amides is 1. The van der Waals surface area contributed by atoms with Crippen LogP contribution < -0.4 is 11.0 Å². The lowest BCUT2D eigenvalue weighted by molar-refractivity contribution is -0.137. The zero-order valence-corrected chi connectivity index (χ0v) is 18.0. The zero-order chi connectivity index (χ0) is 24.0. The Morgan fingerprint density at radius 3 is 2.56 bits per heavy atom. The molecule has 172 valence electrons. The molecule has 0 aliphatic heterocycles. The van der Waals surface area contributed by atoms with Crippen molar-refractivity contribution in [3.05, 3.63) is 100 Å². The van der Waals surface area contributed by atoms with Gasteiger partial charge in [-0.2, -0.15) is 13.2 Å². The summed E-state index contributed by atoms with van der Waals surface area (Å²) in [5.41, 5.74) is 2.20. The fraction of sp³-hybridized carbons (Fsp3) is 0.120. The smallest absolute Gasteiger partial charge is 0.348 e. The van der Waals surface area contributed by atoms with E-state index in [9.17, 15) is 22.8 Å². The number of imidazole rings is 1. The van der Waals surface area contributed by atoms with Crippen molar-refractivity contribution in [3.8, 4) is 5.69 Å². The molecule has 6 nitrogen and oxygen atoms in total. The molecule has 0 radical (unpaired) electrons. The summed E-state index contributed by atoms with van der Waals surface area (Å²) in [6.45, 7) is 0.239. The average molecular weight is 464 g/mol. The maximum atomic E-state index is 13.5. The van der Waals surface area contributed by atoms with E-state index in [4.69, 9.17) is 0 Å². The minimum atomic E-state index is -4.47. The van der Waals surface area contributed by atoms with Crippen molar-refractivity contribution < 1.29 is 18.0 Å². The SMILES string of the molecule is Cn1c(=O)[nH]c2cc(C(=O)NCc3ccc4c(ccn4-c4ccccc4C(F)(F)F)c3)ccc21. The molecular weight excluding hydrogens is 445 g/mol. The Bertz CT molecular complexity index is 1610. The van der Waals surface area contributed by atoms with Gasteiger partial charge in [0.1, 0.15) is 0 Å². The van der Waals surface area contributed by atoms with Crippen LogP contribution in [0, 0.1) is 0 Å². The van der Waals surface area contributed by atoms with Crippen molar-refractivity contribution in [1.82, 2.24) is 19.4 Å². The zero-order valence-electron chi connectivity index (χ0n) is 18.0. The van der Waals surface area contributed by atoms with Crippen LogP contribution in [0.5, 0.6) is 0 Å². The summed E-state index contributed by atoms with van der Waals surface area (Å²) in [7, 11) is 1.64. The van der Waals surface area contributed by atoms with Crippen LogP contribution in [0.3, 0.4) is 0 Å². The fourth-order valence-corrected chi connectivity index (χ4v) is 4.10. The lowest BCUT2D eigenvalue weighted by atomic mass is 10.1. The molecule has 0 spiro atoms. The van der Waals surface area contributed by atoms with E-state index in [0.717, 1.165) is 17.0 Å². The van der Waals surface area contributed by atoms with Gasteiger partial charge in [0.25, 0.3) is 5.91 Å². The van der Waals surface area contributed by atoms with Crippen LogP contribution in [0.15, 0.2) is 77.7 Å². The van der Waals surface area contributed by atoms with E-state index < -0.39 is 11.7 Å². The number of halogens is 3. The van der Waals surface area contributed by atoms with Gasteiger partial charge in [0.15, 0.2) is 0 Å². The number of aromatic nitrogens is 3. The van der Waals surface area contributed by atoms with Crippen LogP contribution in [-0.4, -0.2) is 20.0 Å². The maximum absolute atomic E-state index is 13.5. The van der Waals surface area contributed by atoms with Crippen LogP contribution in [-0.2, 0) is 19.8 Å². The highest BCUT2D eigenvalue weighted by molar-refractivity contribution is 5.97. The van der Waals surface area contributed by atoms with Gasteiger partial charge in [-0.15, -0.1) is 0 Å². The van der Waals surface area contributed by atoms with Crippen molar-refractivity contribution in [1.29, 1.82) is 0 Å². The molecule has 0 unspecified atom stereocenters. The summed E-state index contributed by atoms with van der Waals surface area (Å²) in [4.78, 5) is 27.1. The van der Waals surface area contributed by atoms with Crippen molar-refractivity contribution in [3.63, 3.8) is 0 Å². The molecule has 9 heteroatoms. The molecule has 2 aromatic heterocycles. The van der Waals surface area contributed by atoms with Crippen LogP contribution in [0.25, 0.3) is 27.6 Å². The normalized spacial score (nSPS) is 11.9. The molecule has 0 aliphatic carbocycles. The highest BCUT2D eigenvalue weighted by Crippen LogP contribution is 2.35. The molecule has 2 heterocycles. The number of H-pyrrole nitrogens is 1. The van der Waals surface area contributed by atoms with Crippen molar-refractivity contribution in [2.75, 3.05) is 0 Å². The Morgan fingerprint density at radius 1 is 1.00 bits per heavy atom. The summed E-state index contributed by atoms with van der Waals surface area (Å²) in [5.74, 6) is -0.302. The van der Waals surface area contributed by atoms with E-state index in [1.807, 2.05) is 6.07 Å². The number of alkyl halides is 3. The second-order valence-corrected chi connectivity index (χ2v) is 8.00. The summed E-state index contributed by atoms with van der Waals surface area (Å²) >= 11 is 0. The predicted molar refractivity (Wildman–Crippen MR) is 123 cm³/mol. The minimum Gasteiger partial charge on any atom is -0.348 e. The number of carbonyl (C=O) groups excluding carboxylic acids is 1. The van der Waals surface area contributed by atoms with E-state index in [0.29, 0.717) is 22.1 Å². The number of hydrogen-bond acceptors (Lipinski definition) is 2. The molecule has 5 aromatic rings. The first-order valence-electron chi connectivity index (χ1n) is 10.5. The Morgan fingerprint density at radius 2 is 1.76 bits per heavy atom. The van der Waals surface area contributed by atoms with Gasteiger partial charge in [0.2, 0.25) is 0 Å². The molecule has 0 saturated heterocycles. The number of hydrogen-bond donors (Lipinski definition) is 2. The van der Waals surface area contributed by atoms with Gasteiger partial charge in [-0.1, -0.05) is 18.2 Å². The Hall–Kier alpha value is -4.27. The second-order valence-electron chi connectivity index (χ2n) is 8.00. The highest BCUT2D eigenvalue weighted by atomic mass is 19.4. The number of nitrogens with zero attached hydrogens (tertiary/aromatic N) is 2. The monoisotopic (exact) mass is 464 g/mol. The van der Waals surface area contributed by atoms with Gasteiger partial charge in [0, 0.05) is 30.7 Å². The quantitative estimate of drug-likeness (QED) is 0.403. The largest absolute Gasteiger partial charge is 0.418 e. The van der Waals surface area contributed by atoms with Crippen molar-refractivity contribution in [2.24, 2.45) is 7.05 Å². The first-order chi connectivity index (χ1) is 16.2. The number of para-hydroxylation sites is 1. The molecule has 0 atom stereocenters. The topological polar surface area (TPSA) is 71.8 Å². The van der Waals surface area contributed by atoms with E-state index in [-0.39, 0.29) is 23.8 Å². The summed E-state index contributed by atoms with van der Waals surface area (Å²) in [6, 6.07) is 17.5. The van der Waals surface area contributed by atoms with E-state index in [1.54, 1.807) is 55.7 Å². The summed E-state index contributed by atoms with van der Waals surface area (Å²) in [5, 5.41) is 3.60. The van der Waals surface area contributed by atoms with Gasteiger partial charge < -0.3 is 14.9 Å². The van der Waals surface area contributed by atoms with Gasteiger partial charge >= 0.3 is 11.9 Å². The lowest BCUT2D eigenvalue weighted by Gasteiger charge is -2.14. The van der Waals surface area contributed by atoms with Gasteiger partial charge in [-0.3, -0.25) is 9.36 Å². The van der Waals surface area contributed by atoms with Crippen LogP contribution in [0.2, 0.25) is 0 Å². The highest BCUT2D eigenvalue weighted by Gasteiger charge is 2.33. The Labute approximate surface area is 191 Å². The van der Waals surface area contributed by atoms with Gasteiger partial charge in [0.05, 0.1) is 27.8 Å². The van der Waals surface area contributed by atoms with Crippen LogP contribution in [0.4, 0.5) is 13.2 Å². The molecule has 2 N–H and O–H groups in total. The van der Waals surface area contributed by atoms with E-state index >= 15 is 0 Å². The summed E-state index contributed by atoms with van der Waals surface area (Å²) < 4.78 is 43.3. The molecule has 0 aliphatic rings. The predicted octanol–water partition coefficient (Wildman–Crippen LogP) is 4.76. The number of benzene rings is 3. The minimum absolute atomic E-state index is 0.0559. The molecule has 0 bridgehead atoms. The standard InChI is InChI=1S/C25H19F3N4O2/c1-31-22-9-7-17(13-19(22)30-24(31)34)23(33)29-14-15-6-8-20-16(12-15)10-11-32(20)21-5-3-2-4-18(21)25(26,27)28/h2-13H,14H2,1H3,(H,29,33)(H,30,34). The second kappa shape index (κ2) is 7.95. The Kier molecular flexibility index (Phi) is 5.04. The lowest BCUT2D eigenvalue weighted by Crippen LogP contribution is -2.22. The third kappa shape index (κ3) is 3.75. The van der Waals surface area contributed by atoms with E-state index in [2.05, 4.69) is 10.3 Å². The molecule has 1 amide bonds. The van der Waals surface area contributed by atoms with Gasteiger partial charge in [-0.25, -0.2) is 4.79 Å². The van der Waals surface area contributed by atoms with Crippen LogP contribution >= 0.6 is 0 Å². The number of nitrogens with one attached hydrogen (secondary N) is 2. The molecule has 3 aromatic carbocycles. The number of aryl methyl sites for hydroxylation is 1. The van der Waals surface area contributed by atoms with Gasteiger partial charge in [-0.05, 0) is 54.1 Å². The third-order valence-corrected chi connectivity index (χ3v) is 5.84. The average Bonchev–Trinajstić information content (AvgIpc) is 3.36. The maximum Gasteiger partial charge on any atom is 0.418 e. The molecule has 0 fully saturated rings. The third-order valence-electron chi connectivity index (χ3n) is 5.84. The number of fused-ring (bicyclic) bond motifs is 2. The Balaban J connectivity index is 1.37. The van der Waals surface area contributed by atoms with E-state index in [1.165, 1.54) is 21.3 Å². The molecule has 34 heavy (non-hydrogen) atoms. The first-order valence-corrected chi connectivity index (χ1v) is 10.5. The van der Waals surface area contributed by atoms with Crippen molar-refractivity contribution in [2.45, 2.75) is 12.7 Å². The molecular formula is C25H19F3N4O2. The molecule has 5 rings (SSSR count). The number of carbonyl (C=O) groups is 1. The first kappa shape index (κ1) is 21.6. The molecule has 0 saturated carbocycles. The van der Waals surface area contributed by atoms with Crippen LogP contribution in [0.1, 0.15) is 21.5 Å². The number of rotatable bonds is 4. The fourth-order valence-electron chi connectivity index (χ4n) is 4.10. The summed E-state index contributed by atoms with van der Waals surface area (Å²) in [6.07, 6.45) is -2.86. The number of aromatic amines is 1. The van der Waals surface area contributed by atoms with Crippen molar-refractivity contribution >= 4 is 27.8 Å².